The second-order valence-corrected chi connectivity index (χ2v) is 7.29. The van der Waals surface area contributed by atoms with Crippen molar-refractivity contribution in [2.24, 2.45) is 11.8 Å². The minimum absolute atomic E-state index is 0.0854. The van der Waals surface area contributed by atoms with Gasteiger partial charge in [-0.1, -0.05) is 0 Å². The molecule has 0 amide bonds. The Balaban J connectivity index is 1.70. The SMILES string of the molecule is CC(C)(C)OC(=O)CN1CCC(C2CCNCC2)CC1. The summed E-state index contributed by atoms with van der Waals surface area (Å²) in [5.41, 5.74) is -0.371. The van der Waals surface area contributed by atoms with Crippen molar-refractivity contribution >= 4 is 5.97 Å². The molecule has 2 heterocycles. The molecule has 0 saturated carbocycles. The molecule has 2 rings (SSSR count). The second kappa shape index (κ2) is 6.90. The van der Waals surface area contributed by atoms with E-state index in [1.807, 2.05) is 20.8 Å². The Morgan fingerprint density at radius 3 is 2.20 bits per heavy atom. The number of rotatable bonds is 3. The average molecular weight is 282 g/mol. The van der Waals surface area contributed by atoms with Crippen LogP contribution in [0.15, 0.2) is 0 Å². The average Bonchev–Trinajstić information content (AvgIpc) is 2.38. The molecule has 0 aromatic rings. The van der Waals surface area contributed by atoms with Crippen LogP contribution in [0, 0.1) is 11.8 Å². The number of likely N-dealkylation sites (tertiary alicyclic amines) is 1. The van der Waals surface area contributed by atoms with Crippen LogP contribution >= 0.6 is 0 Å². The van der Waals surface area contributed by atoms with Crippen LogP contribution < -0.4 is 5.32 Å². The first kappa shape index (κ1) is 15.8. The largest absolute Gasteiger partial charge is 0.459 e. The highest BCUT2D eigenvalue weighted by molar-refractivity contribution is 5.72. The maximum absolute atomic E-state index is 11.8. The van der Waals surface area contributed by atoms with Gasteiger partial charge in [0.05, 0.1) is 6.54 Å². The van der Waals surface area contributed by atoms with E-state index in [1.54, 1.807) is 0 Å². The number of hydrogen-bond donors (Lipinski definition) is 1. The first-order chi connectivity index (χ1) is 9.44. The van der Waals surface area contributed by atoms with Crippen molar-refractivity contribution in [1.29, 1.82) is 0 Å². The van der Waals surface area contributed by atoms with Crippen molar-refractivity contribution in [2.45, 2.75) is 52.1 Å². The maximum Gasteiger partial charge on any atom is 0.320 e. The molecule has 4 nitrogen and oxygen atoms in total. The highest BCUT2D eigenvalue weighted by Crippen LogP contribution is 2.30. The molecule has 0 aromatic heterocycles. The van der Waals surface area contributed by atoms with Gasteiger partial charge in [-0.15, -0.1) is 0 Å². The maximum atomic E-state index is 11.8. The zero-order chi connectivity index (χ0) is 14.6. The van der Waals surface area contributed by atoms with Crippen LogP contribution in [0.25, 0.3) is 0 Å². The molecule has 2 saturated heterocycles. The topological polar surface area (TPSA) is 41.6 Å². The van der Waals surface area contributed by atoms with E-state index in [4.69, 9.17) is 4.74 Å². The molecule has 0 radical (unpaired) electrons. The molecular formula is C16H30N2O2. The first-order valence-electron chi connectivity index (χ1n) is 8.09. The minimum Gasteiger partial charge on any atom is -0.459 e. The van der Waals surface area contributed by atoms with Crippen LogP contribution in [-0.2, 0) is 9.53 Å². The molecule has 2 fully saturated rings. The van der Waals surface area contributed by atoms with Gasteiger partial charge in [0, 0.05) is 0 Å². The van der Waals surface area contributed by atoms with E-state index in [2.05, 4.69) is 10.2 Å². The van der Waals surface area contributed by atoms with Crippen molar-refractivity contribution in [3.8, 4) is 0 Å². The van der Waals surface area contributed by atoms with Crippen LogP contribution in [0.1, 0.15) is 46.5 Å². The van der Waals surface area contributed by atoms with Gasteiger partial charge in [0.25, 0.3) is 0 Å². The molecule has 4 heteroatoms. The summed E-state index contributed by atoms with van der Waals surface area (Å²) >= 11 is 0. The van der Waals surface area contributed by atoms with E-state index in [9.17, 15) is 4.79 Å². The lowest BCUT2D eigenvalue weighted by Gasteiger charge is -2.37. The lowest BCUT2D eigenvalue weighted by molar-refractivity contribution is -0.156. The number of ether oxygens (including phenoxy) is 1. The molecule has 0 bridgehead atoms. The van der Waals surface area contributed by atoms with E-state index < -0.39 is 0 Å². The van der Waals surface area contributed by atoms with E-state index in [1.165, 1.54) is 38.8 Å². The van der Waals surface area contributed by atoms with Crippen LogP contribution in [0.2, 0.25) is 0 Å². The Morgan fingerprint density at radius 2 is 1.65 bits per heavy atom. The number of nitrogens with one attached hydrogen (secondary N) is 1. The van der Waals surface area contributed by atoms with Gasteiger partial charge in [0.2, 0.25) is 0 Å². The van der Waals surface area contributed by atoms with Gasteiger partial charge in [-0.2, -0.15) is 0 Å². The molecule has 0 atom stereocenters. The summed E-state index contributed by atoms with van der Waals surface area (Å²) < 4.78 is 5.39. The van der Waals surface area contributed by atoms with Gasteiger partial charge in [-0.3, -0.25) is 9.69 Å². The molecule has 0 aromatic carbocycles. The second-order valence-electron chi connectivity index (χ2n) is 7.29. The van der Waals surface area contributed by atoms with Crippen LogP contribution in [0.5, 0.6) is 0 Å². The standard InChI is InChI=1S/C16H30N2O2/c1-16(2,3)20-15(19)12-18-10-6-14(7-11-18)13-4-8-17-9-5-13/h13-14,17H,4-12H2,1-3H3. The monoisotopic (exact) mass is 282 g/mol. The summed E-state index contributed by atoms with van der Waals surface area (Å²) in [6.45, 7) is 10.7. The van der Waals surface area contributed by atoms with Gasteiger partial charge in [-0.25, -0.2) is 0 Å². The number of esters is 1. The van der Waals surface area contributed by atoms with Crippen LogP contribution in [0.4, 0.5) is 0 Å². The Kier molecular flexibility index (Phi) is 5.44. The zero-order valence-electron chi connectivity index (χ0n) is 13.3. The van der Waals surface area contributed by atoms with Crippen molar-refractivity contribution in [3.05, 3.63) is 0 Å². The summed E-state index contributed by atoms with van der Waals surface area (Å²) in [7, 11) is 0. The molecule has 0 unspecified atom stereocenters. The molecule has 2 aliphatic rings. The number of carbonyl (C=O) groups is 1. The normalized spacial score (nSPS) is 23.8. The minimum atomic E-state index is -0.371. The fraction of sp³-hybridized carbons (Fsp3) is 0.938. The van der Waals surface area contributed by atoms with E-state index >= 15 is 0 Å². The quantitative estimate of drug-likeness (QED) is 0.804. The van der Waals surface area contributed by atoms with Gasteiger partial charge < -0.3 is 10.1 Å². The number of nitrogens with zero attached hydrogens (tertiary/aromatic N) is 1. The van der Waals surface area contributed by atoms with Crippen molar-refractivity contribution in [3.63, 3.8) is 0 Å². The predicted octanol–water partition coefficient (Wildman–Crippen LogP) is 2.04. The lowest BCUT2D eigenvalue weighted by atomic mass is 9.79. The Bertz CT molecular complexity index is 311. The highest BCUT2D eigenvalue weighted by Gasteiger charge is 2.28. The smallest absolute Gasteiger partial charge is 0.320 e. The third-order valence-corrected chi connectivity index (χ3v) is 4.46. The van der Waals surface area contributed by atoms with E-state index in [-0.39, 0.29) is 11.6 Å². The van der Waals surface area contributed by atoms with E-state index in [0.29, 0.717) is 6.54 Å². The van der Waals surface area contributed by atoms with Gasteiger partial charge >= 0.3 is 5.97 Å². The Hall–Kier alpha value is -0.610. The van der Waals surface area contributed by atoms with Gasteiger partial charge in [0.1, 0.15) is 5.60 Å². The highest BCUT2D eigenvalue weighted by atomic mass is 16.6. The number of hydrogen-bond acceptors (Lipinski definition) is 4. The number of piperidine rings is 2. The molecule has 2 aliphatic heterocycles. The molecule has 0 aliphatic carbocycles. The summed E-state index contributed by atoms with van der Waals surface area (Å²) in [5.74, 6) is 1.68. The van der Waals surface area contributed by atoms with Crippen LogP contribution in [0.3, 0.4) is 0 Å². The van der Waals surface area contributed by atoms with E-state index in [0.717, 1.165) is 24.9 Å². The van der Waals surface area contributed by atoms with Crippen molar-refractivity contribution < 1.29 is 9.53 Å². The Morgan fingerprint density at radius 1 is 1.10 bits per heavy atom. The molecule has 116 valence electrons. The molecule has 1 N–H and O–H groups in total. The first-order valence-corrected chi connectivity index (χ1v) is 8.09. The zero-order valence-corrected chi connectivity index (χ0v) is 13.3. The third kappa shape index (κ3) is 5.06. The van der Waals surface area contributed by atoms with Crippen LogP contribution in [-0.4, -0.2) is 49.2 Å². The summed E-state index contributed by atoms with van der Waals surface area (Å²) in [5, 5.41) is 3.44. The summed E-state index contributed by atoms with van der Waals surface area (Å²) in [6.07, 6.45) is 5.15. The summed E-state index contributed by atoms with van der Waals surface area (Å²) in [4.78, 5) is 14.1. The molecular weight excluding hydrogens is 252 g/mol. The molecule has 20 heavy (non-hydrogen) atoms. The van der Waals surface area contributed by atoms with Gasteiger partial charge in [0.15, 0.2) is 0 Å². The summed E-state index contributed by atoms with van der Waals surface area (Å²) in [6, 6.07) is 0. The fourth-order valence-electron chi connectivity index (χ4n) is 3.45. The number of carbonyl (C=O) groups excluding carboxylic acids is 1. The Labute approximate surface area is 123 Å². The lowest BCUT2D eigenvalue weighted by Crippen LogP contribution is -2.42. The third-order valence-electron chi connectivity index (χ3n) is 4.46. The fourth-order valence-corrected chi connectivity index (χ4v) is 3.45. The molecule has 0 spiro atoms. The van der Waals surface area contributed by atoms with Crippen molar-refractivity contribution in [1.82, 2.24) is 10.2 Å². The predicted molar refractivity (Wildman–Crippen MR) is 80.6 cm³/mol. The van der Waals surface area contributed by atoms with Crippen molar-refractivity contribution in [2.75, 3.05) is 32.7 Å². The van der Waals surface area contributed by atoms with Gasteiger partial charge in [-0.05, 0) is 84.5 Å².